The summed E-state index contributed by atoms with van der Waals surface area (Å²) in [6, 6.07) is 6.88. The van der Waals surface area contributed by atoms with Gasteiger partial charge in [0.25, 0.3) is 0 Å². The molecule has 1 heteroatoms. The van der Waals surface area contributed by atoms with E-state index in [1.807, 2.05) is 0 Å². The monoisotopic (exact) mass is 250 g/mol. The van der Waals surface area contributed by atoms with Crippen molar-refractivity contribution >= 4 is 0 Å². The van der Waals surface area contributed by atoms with E-state index in [0.29, 0.717) is 0 Å². The number of hydrogen-bond acceptors (Lipinski definition) is 1. The Morgan fingerprint density at radius 1 is 0.833 bits per heavy atom. The van der Waals surface area contributed by atoms with Crippen molar-refractivity contribution < 1.29 is 4.74 Å². The van der Waals surface area contributed by atoms with Crippen LogP contribution in [-0.4, -0.2) is 14.2 Å². The Bertz CT molecular complexity index is 364. The van der Waals surface area contributed by atoms with Gasteiger partial charge in [-0.3, -0.25) is 0 Å². The summed E-state index contributed by atoms with van der Waals surface area (Å²) in [7, 11) is 3.25. The quantitative estimate of drug-likeness (QED) is 0.639. The fraction of sp³-hybridized carbons (Fsp3) is 0.647. The minimum atomic E-state index is 0.241. The lowest BCUT2D eigenvalue weighted by Crippen LogP contribution is -2.17. The summed E-state index contributed by atoms with van der Waals surface area (Å²) in [5.74, 6) is 0. The van der Waals surface area contributed by atoms with E-state index >= 15 is 0 Å². The molecule has 0 bridgehead atoms. The van der Waals surface area contributed by atoms with Gasteiger partial charge in [-0.25, -0.2) is 0 Å². The Morgan fingerprint density at radius 3 is 1.61 bits per heavy atom. The first-order valence-electron chi connectivity index (χ1n) is 6.55. The topological polar surface area (TPSA) is 9.23 Å². The highest BCUT2D eigenvalue weighted by atomic mass is 16.4. The van der Waals surface area contributed by atoms with Crippen molar-refractivity contribution in [2.24, 2.45) is 0 Å². The Labute approximate surface area is 114 Å². The van der Waals surface area contributed by atoms with E-state index in [-0.39, 0.29) is 10.8 Å². The van der Waals surface area contributed by atoms with Crippen LogP contribution in [-0.2, 0) is 15.6 Å². The molecule has 0 N–H and O–H groups in total. The zero-order valence-corrected chi connectivity index (χ0v) is 13.6. The summed E-state index contributed by atoms with van der Waals surface area (Å²) in [5, 5.41) is 0. The molecule has 1 aromatic carbocycles. The number of benzene rings is 1. The van der Waals surface area contributed by atoms with Crippen LogP contribution < -0.4 is 0 Å². The lowest BCUT2D eigenvalue weighted by molar-refractivity contribution is 0.277. The van der Waals surface area contributed by atoms with Crippen molar-refractivity contribution in [3.05, 3.63) is 34.9 Å². The second-order valence-electron chi connectivity index (χ2n) is 6.94. The predicted molar refractivity (Wildman–Crippen MR) is 81.5 cm³/mol. The maximum Gasteiger partial charge on any atom is 0.0351 e. The molecule has 0 aliphatic heterocycles. The van der Waals surface area contributed by atoms with Crippen molar-refractivity contribution in [3.8, 4) is 0 Å². The van der Waals surface area contributed by atoms with E-state index < -0.39 is 0 Å². The van der Waals surface area contributed by atoms with Gasteiger partial charge in [0.05, 0.1) is 0 Å². The summed E-state index contributed by atoms with van der Waals surface area (Å²) in [6.07, 6.45) is 0. The third-order valence-electron chi connectivity index (χ3n) is 2.91. The maximum atomic E-state index is 4.25. The fourth-order valence-corrected chi connectivity index (χ4v) is 1.90. The summed E-state index contributed by atoms with van der Waals surface area (Å²) in [4.78, 5) is 0. The minimum Gasteiger partial charge on any atom is -0.388 e. The molecule has 0 radical (unpaired) electrons. The van der Waals surface area contributed by atoms with Crippen LogP contribution in [0.2, 0.25) is 0 Å². The number of rotatable bonds is 0. The number of methoxy groups -OCH3 is 1. The Kier molecular flexibility index (Phi) is 6.09. The normalized spacial score (nSPS) is 11.8. The molecule has 0 saturated heterocycles. The molecule has 1 rings (SSSR count). The van der Waals surface area contributed by atoms with Crippen LogP contribution in [0.25, 0.3) is 0 Å². The van der Waals surface area contributed by atoms with E-state index in [9.17, 15) is 0 Å². The average molecular weight is 250 g/mol. The fourth-order valence-electron chi connectivity index (χ4n) is 1.90. The predicted octanol–water partition coefficient (Wildman–Crippen LogP) is 4.85. The van der Waals surface area contributed by atoms with Gasteiger partial charge in [-0.05, 0) is 34.4 Å². The third-order valence-corrected chi connectivity index (χ3v) is 2.91. The first-order chi connectivity index (χ1) is 8.04. The van der Waals surface area contributed by atoms with Crippen LogP contribution in [0, 0.1) is 6.92 Å². The second-order valence-corrected chi connectivity index (χ2v) is 6.94. The standard InChI is InChI=1S/C15H24.C2H6O/c1-11-8-9-12(14(2,3)4)10-13(11)15(5,6)7;1-3-2/h8-10H,1-7H3;1-2H3. The average Bonchev–Trinajstić information content (AvgIpc) is 2.15. The van der Waals surface area contributed by atoms with Gasteiger partial charge in [-0.2, -0.15) is 0 Å². The molecule has 0 amide bonds. The second kappa shape index (κ2) is 6.38. The number of ether oxygens (including phenoxy) is 1. The largest absolute Gasteiger partial charge is 0.388 e. The third kappa shape index (κ3) is 5.22. The summed E-state index contributed by atoms with van der Waals surface area (Å²) < 4.78 is 4.25. The SMILES string of the molecule is COC.Cc1ccc(C(C)(C)C)cc1C(C)(C)C. The molecule has 0 aliphatic carbocycles. The molecule has 104 valence electrons. The van der Waals surface area contributed by atoms with Gasteiger partial charge in [0.2, 0.25) is 0 Å². The zero-order chi connectivity index (χ0) is 14.6. The van der Waals surface area contributed by atoms with Crippen LogP contribution >= 0.6 is 0 Å². The van der Waals surface area contributed by atoms with Gasteiger partial charge in [0.15, 0.2) is 0 Å². The molecular formula is C17H30O. The molecule has 0 fully saturated rings. The van der Waals surface area contributed by atoms with Crippen molar-refractivity contribution in [2.75, 3.05) is 14.2 Å². The Balaban J connectivity index is 0.000000873. The molecule has 0 aliphatic rings. The van der Waals surface area contributed by atoms with Gasteiger partial charge < -0.3 is 4.74 Å². The molecule has 0 heterocycles. The van der Waals surface area contributed by atoms with Crippen molar-refractivity contribution in [1.29, 1.82) is 0 Å². The summed E-state index contributed by atoms with van der Waals surface area (Å²) in [6.45, 7) is 15.8. The molecule has 0 unspecified atom stereocenters. The van der Waals surface area contributed by atoms with Crippen molar-refractivity contribution in [3.63, 3.8) is 0 Å². The smallest absolute Gasteiger partial charge is 0.0351 e. The van der Waals surface area contributed by atoms with Crippen LogP contribution in [0.5, 0.6) is 0 Å². The highest BCUT2D eigenvalue weighted by Crippen LogP contribution is 2.30. The van der Waals surface area contributed by atoms with Crippen LogP contribution in [0.15, 0.2) is 18.2 Å². The Hall–Kier alpha value is -0.820. The Morgan fingerprint density at radius 2 is 1.28 bits per heavy atom. The van der Waals surface area contributed by atoms with Gasteiger partial charge in [-0.15, -0.1) is 0 Å². The van der Waals surface area contributed by atoms with Gasteiger partial charge >= 0.3 is 0 Å². The van der Waals surface area contributed by atoms with E-state index in [1.54, 1.807) is 14.2 Å². The molecular weight excluding hydrogens is 220 g/mol. The lowest BCUT2D eigenvalue weighted by Gasteiger charge is -2.26. The summed E-state index contributed by atoms with van der Waals surface area (Å²) >= 11 is 0. The molecule has 0 spiro atoms. The van der Waals surface area contributed by atoms with E-state index in [0.717, 1.165) is 0 Å². The lowest BCUT2D eigenvalue weighted by atomic mass is 9.79. The summed E-state index contributed by atoms with van der Waals surface area (Å²) in [5.41, 5.74) is 4.78. The first kappa shape index (κ1) is 17.2. The van der Waals surface area contributed by atoms with E-state index in [4.69, 9.17) is 0 Å². The van der Waals surface area contributed by atoms with Gasteiger partial charge in [0, 0.05) is 14.2 Å². The van der Waals surface area contributed by atoms with E-state index in [1.165, 1.54) is 16.7 Å². The molecule has 1 nitrogen and oxygen atoms in total. The van der Waals surface area contributed by atoms with Crippen LogP contribution in [0.3, 0.4) is 0 Å². The number of aryl methyl sites for hydroxylation is 1. The molecule has 0 aromatic heterocycles. The molecule has 0 atom stereocenters. The molecule has 1 aromatic rings. The highest BCUT2D eigenvalue weighted by Gasteiger charge is 2.20. The first-order valence-corrected chi connectivity index (χ1v) is 6.55. The highest BCUT2D eigenvalue weighted by molar-refractivity contribution is 5.38. The van der Waals surface area contributed by atoms with Crippen molar-refractivity contribution in [1.82, 2.24) is 0 Å². The zero-order valence-electron chi connectivity index (χ0n) is 13.6. The minimum absolute atomic E-state index is 0.241. The van der Waals surface area contributed by atoms with E-state index in [2.05, 4.69) is 71.4 Å². The molecule has 0 saturated carbocycles. The van der Waals surface area contributed by atoms with Crippen LogP contribution in [0.4, 0.5) is 0 Å². The van der Waals surface area contributed by atoms with Gasteiger partial charge in [0.1, 0.15) is 0 Å². The van der Waals surface area contributed by atoms with Crippen molar-refractivity contribution in [2.45, 2.75) is 59.3 Å². The number of hydrogen-bond donors (Lipinski definition) is 0. The molecule has 18 heavy (non-hydrogen) atoms. The van der Waals surface area contributed by atoms with Crippen LogP contribution in [0.1, 0.15) is 58.2 Å². The van der Waals surface area contributed by atoms with Gasteiger partial charge in [-0.1, -0.05) is 59.7 Å². The maximum absolute atomic E-state index is 4.25.